The van der Waals surface area contributed by atoms with Gasteiger partial charge in [0, 0.05) is 19.2 Å². The first-order valence-corrected chi connectivity index (χ1v) is 11.8. The summed E-state index contributed by atoms with van der Waals surface area (Å²) in [5, 5.41) is 11.7. The molecule has 2 atom stereocenters. The van der Waals surface area contributed by atoms with Crippen LogP contribution in [0.3, 0.4) is 0 Å². The van der Waals surface area contributed by atoms with Gasteiger partial charge in [-0.15, -0.1) is 0 Å². The van der Waals surface area contributed by atoms with Crippen LogP contribution in [-0.2, 0) is 14.3 Å². The standard InChI is InChI=1S/C26H28ClNO7/c1-4-34-16-8-5-7-15(11-16)23-22(25(30)26(31)28(23)14-17-9-6-10-35-17)24(29)18-12-19(27)21(33-3)13-20(18)32-2/h5,7-8,11-13,17,23,29H,4,6,9-10,14H2,1-3H3/b24-22+. The summed E-state index contributed by atoms with van der Waals surface area (Å²) in [6, 6.07) is 9.29. The average Bonchev–Trinajstić information content (AvgIpc) is 3.46. The minimum atomic E-state index is -0.842. The van der Waals surface area contributed by atoms with Crippen molar-refractivity contribution in [3.05, 3.63) is 58.1 Å². The molecule has 2 aromatic rings. The van der Waals surface area contributed by atoms with Crippen molar-refractivity contribution in [2.24, 2.45) is 0 Å². The van der Waals surface area contributed by atoms with E-state index in [9.17, 15) is 14.7 Å². The minimum absolute atomic E-state index is 0.0545. The van der Waals surface area contributed by atoms with Gasteiger partial charge in [0.1, 0.15) is 23.0 Å². The molecule has 2 aliphatic rings. The second-order valence-electron chi connectivity index (χ2n) is 8.28. The number of methoxy groups -OCH3 is 2. The summed E-state index contributed by atoms with van der Waals surface area (Å²) in [6.45, 7) is 3.17. The molecule has 2 unspecified atom stereocenters. The highest BCUT2D eigenvalue weighted by Gasteiger charge is 2.47. The lowest BCUT2D eigenvalue weighted by Crippen LogP contribution is -2.36. The van der Waals surface area contributed by atoms with E-state index in [-0.39, 0.29) is 40.3 Å². The predicted molar refractivity (Wildman–Crippen MR) is 130 cm³/mol. The van der Waals surface area contributed by atoms with Gasteiger partial charge in [-0.3, -0.25) is 9.59 Å². The number of ketones is 1. The van der Waals surface area contributed by atoms with Gasteiger partial charge in [-0.05, 0) is 43.5 Å². The Morgan fingerprint density at radius 3 is 2.60 bits per heavy atom. The molecule has 35 heavy (non-hydrogen) atoms. The number of hydrogen-bond donors (Lipinski definition) is 1. The quantitative estimate of drug-likeness (QED) is 0.326. The van der Waals surface area contributed by atoms with Gasteiger partial charge in [0.15, 0.2) is 0 Å². The van der Waals surface area contributed by atoms with Crippen LogP contribution in [0.15, 0.2) is 42.0 Å². The van der Waals surface area contributed by atoms with E-state index in [2.05, 4.69) is 0 Å². The zero-order valence-electron chi connectivity index (χ0n) is 19.9. The molecular formula is C26H28ClNO7. The van der Waals surface area contributed by atoms with Gasteiger partial charge in [-0.1, -0.05) is 23.7 Å². The van der Waals surface area contributed by atoms with Crippen molar-refractivity contribution in [2.75, 3.05) is 34.0 Å². The van der Waals surface area contributed by atoms with E-state index in [0.29, 0.717) is 30.3 Å². The number of aliphatic hydroxyl groups is 1. The topological polar surface area (TPSA) is 94.5 Å². The van der Waals surface area contributed by atoms with E-state index in [4.69, 9.17) is 30.5 Å². The van der Waals surface area contributed by atoms with Crippen LogP contribution in [-0.4, -0.2) is 61.8 Å². The molecule has 0 bridgehead atoms. The number of Topliss-reactive ketones (excluding diaryl/α,β-unsaturated/α-hetero) is 1. The van der Waals surface area contributed by atoms with Gasteiger partial charge in [0.05, 0.1) is 49.1 Å². The van der Waals surface area contributed by atoms with Crippen LogP contribution in [0, 0.1) is 0 Å². The third kappa shape index (κ3) is 4.81. The SMILES string of the molecule is CCOc1cccc(C2/C(=C(\O)c3cc(Cl)c(OC)cc3OC)C(=O)C(=O)N2CC2CCCO2)c1. The van der Waals surface area contributed by atoms with Crippen molar-refractivity contribution in [3.63, 3.8) is 0 Å². The van der Waals surface area contributed by atoms with Crippen LogP contribution in [0.25, 0.3) is 5.76 Å². The highest BCUT2D eigenvalue weighted by atomic mass is 35.5. The Morgan fingerprint density at radius 2 is 1.94 bits per heavy atom. The Balaban J connectivity index is 1.88. The molecule has 2 aromatic carbocycles. The second-order valence-corrected chi connectivity index (χ2v) is 8.69. The Labute approximate surface area is 209 Å². The lowest BCUT2D eigenvalue weighted by Gasteiger charge is -2.28. The van der Waals surface area contributed by atoms with E-state index in [1.165, 1.54) is 31.3 Å². The molecule has 2 heterocycles. The van der Waals surface area contributed by atoms with E-state index in [1.54, 1.807) is 24.3 Å². The van der Waals surface area contributed by atoms with Crippen LogP contribution < -0.4 is 14.2 Å². The molecule has 0 spiro atoms. The normalized spacial score (nSPS) is 21.4. The maximum atomic E-state index is 13.3. The summed E-state index contributed by atoms with van der Waals surface area (Å²) in [5.74, 6) is -0.686. The third-order valence-corrected chi connectivity index (χ3v) is 6.47. The predicted octanol–water partition coefficient (Wildman–Crippen LogP) is 4.36. The summed E-state index contributed by atoms with van der Waals surface area (Å²) in [6.07, 6.45) is 1.49. The maximum absolute atomic E-state index is 13.3. The third-order valence-electron chi connectivity index (χ3n) is 6.18. The molecule has 0 aromatic heterocycles. The Kier molecular flexibility index (Phi) is 7.52. The monoisotopic (exact) mass is 501 g/mol. The molecule has 8 nitrogen and oxygen atoms in total. The number of nitrogens with zero attached hydrogens (tertiary/aromatic N) is 1. The van der Waals surface area contributed by atoms with Crippen LogP contribution in [0.5, 0.6) is 17.2 Å². The maximum Gasteiger partial charge on any atom is 0.295 e. The van der Waals surface area contributed by atoms with E-state index >= 15 is 0 Å². The number of aliphatic hydroxyl groups excluding tert-OH is 1. The number of benzene rings is 2. The summed E-state index contributed by atoms with van der Waals surface area (Å²) in [7, 11) is 2.89. The molecular weight excluding hydrogens is 474 g/mol. The first-order valence-electron chi connectivity index (χ1n) is 11.4. The molecule has 9 heteroatoms. The second kappa shape index (κ2) is 10.6. The van der Waals surface area contributed by atoms with Gasteiger partial charge < -0.3 is 29.0 Å². The lowest BCUT2D eigenvalue weighted by molar-refractivity contribution is -0.140. The molecule has 1 N–H and O–H groups in total. The van der Waals surface area contributed by atoms with Gasteiger partial charge in [-0.25, -0.2) is 0 Å². The summed E-state index contributed by atoms with van der Waals surface area (Å²) in [5.41, 5.74) is 0.758. The zero-order chi connectivity index (χ0) is 25.1. The summed E-state index contributed by atoms with van der Waals surface area (Å²) in [4.78, 5) is 28.0. The van der Waals surface area contributed by atoms with Crippen molar-refractivity contribution in [3.8, 4) is 17.2 Å². The van der Waals surface area contributed by atoms with Gasteiger partial charge in [0.25, 0.3) is 11.7 Å². The van der Waals surface area contributed by atoms with Gasteiger partial charge >= 0.3 is 0 Å². The molecule has 2 aliphatic heterocycles. The van der Waals surface area contributed by atoms with Crippen LogP contribution in [0.1, 0.15) is 36.9 Å². The Bertz CT molecular complexity index is 1160. The van der Waals surface area contributed by atoms with Gasteiger partial charge in [0.2, 0.25) is 0 Å². The molecule has 4 rings (SSSR count). The van der Waals surface area contributed by atoms with Crippen molar-refractivity contribution in [1.29, 1.82) is 0 Å². The Hall–Kier alpha value is -3.23. The van der Waals surface area contributed by atoms with E-state index in [1.807, 2.05) is 6.92 Å². The summed E-state index contributed by atoms with van der Waals surface area (Å²) < 4.78 is 22.1. The van der Waals surface area contributed by atoms with E-state index in [0.717, 1.165) is 12.8 Å². The molecule has 0 radical (unpaired) electrons. The number of rotatable bonds is 8. The van der Waals surface area contributed by atoms with Crippen molar-refractivity contribution in [1.82, 2.24) is 4.90 Å². The largest absolute Gasteiger partial charge is 0.507 e. The average molecular weight is 502 g/mol. The van der Waals surface area contributed by atoms with Crippen LogP contribution >= 0.6 is 11.6 Å². The first kappa shape index (κ1) is 24.9. The fourth-order valence-corrected chi connectivity index (χ4v) is 4.79. The van der Waals surface area contributed by atoms with Crippen LogP contribution in [0.4, 0.5) is 0 Å². The first-order chi connectivity index (χ1) is 16.9. The molecule has 0 aliphatic carbocycles. The molecule has 2 saturated heterocycles. The van der Waals surface area contributed by atoms with Crippen molar-refractivity contribution in [2.45, 2.75) is 31.9 Å². The number of ether oxygens (including phenoxy) is 4. The molecule has 2 fully saturated rings. The molecule has 186 valence electrons. The number of carbonyl (C=O) groups is 2. The zero-order valence-corrected chi connectivity index (χ0v) is 20.6. The van der Waals surface area contributed by atoms with Crippen molar-refractivity contribution >= 4 is 29.1 Å². The van der Waals surface area contributed by atoms with Crippen LogP contribution in [0.2, 0.25) is 5.02 Å². The fraction of sp³-hybridized carbons (Fsp3) is 0.385. The highest BCUT2D eigenvalue weighted by molar-refractivity contribution is 6.46. The summed E-state index contributed by atoms with van der Waals surface area (Å²) >= 11 is 6.32. The van der Waals surface area contributed by atoms with Crippen molar-refractivity contribution < 1.29 is 33.6 Å². The Morgan fingerprint density at radius 1 is 1.17 bits per heavy atom. The molecule has 1 amide bonds. The molecule has 0 saturated carbocycles. The minimum Gasteiger partial charge on any atom is -0.507 e. The number of carbonyl (C=O) groups excluding carboxylic acids is 2. The number of hydrogen-bond acceptors (Lipinski definition) is 7. The fourth-order valence-electron chi connectivity index (χ4n) is 4.55. The number of halogens is 1. The number of amides is 1. The highest BCUT2D eigenvalue weighted by Crippen LogP contribution is 2.43. The van der Waals surface area contributed by atoms with E-state index < -0.39 is 17.7 Å². The lowest BCUT2D eigenvalue weighted by atomic mass is 9.94. The van der Waals surface area contributed by atoms with Gasteiger partial charge in [-0.2, -0.15) is 0 Å². The smallest absolute Gasteiger partial charge is 0.295 e. The number of likely N-dealkylation sites (tertiary alicyclic amines) is 1.